The predicted octanol–water partition coefficient (Wildman–Crippen LogP) is 4.63. The third-order valence-electron chi connectivity index (χ3n) is 5.12. The lowest BCUT2D eigenvalue weighted by Crippen LogP contribution is -2.14. The number of carbonyl (C=O) groups is 1. The van der Waals surface area contributed by atoms with Crippen molar-refractivity contribution in [3.05, 3.63) is 51.9 Å². The molecule has 2 atom stereocenters. The maximum absolute atomic E-state index is 12.6. The average Bonchev–Trinajstić information content (AvgIpc) is 3.38. The average molecular weight is 336 g/mol. The van der Waals surface area contributed by atoms with E-state index in [2.05, 4.69) is 23.5 Å². The van der Waals surface area contributed by atoms with Gasteiger partial charge in [0, 0.05) is 10.8 Å². The number of hydrogen-bond acceptors (Lipinski definition) is 3. The van der Waals surface area contributed by atoms with Gasteiger partial charge in [0.25, 0.3) is 0 Å². The smallest absolute Gasteiger partial charge is 0.228 e. The Labute approximate surface area is 146 Å². The summed E-state index contributed by atoms with van der Waals surface area (Å²) in [6.45, 7) is 0. The minimum atomic E-state index is 0.0425. The second-order valence-electron chi connectivity index (χ2n) is 6.73. The van der Waals surface area contributed by atoms with E-state index in [1.54, 1.807) is 11.3 Å². The molecule has 0 unspecified atom stereocenters. The van der Waals surface area contributed by atoms with E-state index >= 15 is 0 Å². The minimum Gasteiger partial charge on any atom is -0.316 e. The van der Waals surface area contributed by atoms with Crippen LogP contribution in [0.15, 0.2) is 30.3 Å². The van der Waals surface area contributed by atoms with Gasteiger partial charge in [-0.15, -0.1) is 11.3 Å². The second-order valence-corrected chi connectivity index (χ2v) is 7.83. The van der Waals surface area contributed by atoms with Crippen LogP contribution < -0.4 is 5.32 Å². The number of hydrogen-bond donors (Lipinski definition) is 1. The Hall–Kier alpha value is -2.12. The van der Waals surface area contributed by atoms with Gasteiger partial charge in [-0.2, -0.15) is 5.26 Å². The number of thiophene rings is 1. The first kappa shape index (κ1) is 15.4. The normalized spacial score (nSPS) is 22.1. The highest BCUT2D eigenvalue weighted by atomic mass is 32.1. The predicted molar refractivity (Wildman–Crippen MR) is 96.2 cm³/mol. The van der Waals surface area contributed by atoms with E-state index in [4.69, 9.17) is 0 Å². The van der Waals surface area contributed by atoms with Gasteiger partial charge >= 0.3 is 0 Å². The van der Waals surface area contributed by atoms with E-state index in [-0.39, 0.29) is 11.8 Å². The Morgan fingerprint density at radius 3 is 2.75 bits per heavy atom. The van der Waals surface area contributed by atoms with Crippen LogP contribution in [-0.4, -0.2) is 5.91 Å². The molecule has 3 nitrogen and oxygen atoms in total. The van der Waals surface area contributed by atoms with Crippen LogP contribution in [0.4, 0.5) is 5.00 Å². The van der Waals surface area contributed by atoms with Crippen molar-refractivity contribution in [1.29, 1.82) is 5.26 Å². The summed E-state index contributed by atoms with van der Waals surface area (Å²) in [5.74, 6) is 0.437. The number of nitrogens with one attached hydrogen (secondary N) is 1. The molecule has 1 heterocycles. The summed E-state index contributed by atoms with van der Waals surface area (Å²) < 4.78 is 0. The SMILES string of the molecule is N#Cc1c(NC(=O)[C@H]2C[C@@H]2c2ccccc2)sc2c1CCCCC2. The van der Waals surface area contributed by atoms with Gasteiger partial charge in [0.2, 0.25) is 5.91 Å². The van der Waals surface area contributed by atoms with Crippen LogP contribution in [0.1, 0.15) is 53.2 Å². The maximum atomic E-state index is 12.6. The molecule has 1 aromatic carbocycles. The molecular weight excluding hydrogens is 316 g/mol. The fourth-order valence-electron chi connectivity index (χ4n) is 3.71. The summed E-state index contributed by atoms with van der Waals surface area (Å²) in [6, 6.07) is 12.6. The molecule has 1 aromatic heterocycles. The highest BCUT2D eigenvalue weighted by molar-refractivity contribution is 7.16. The third-order valence-corrected chi connectivity index (χ3v) is 6.33. The quantitative estimate of drug-likeness (QED) is 0.831. The van der Waals surface area contributed by atoms with Crippen molar-refractivity contribution in [2.24, 2.45) is 5.92 Å². The minimum absolute atomic E-state index is 0.0425. The van der Waals surface area contributed by atoms with Crippen molar-refractivity contribution in [3.63, 3.8) is 0 Å². The molecule has 4 heteroatoms. The van der Waals surface area contributed by atoms with Crippen molar-refractivity contribution in [2.75, 3.05) is 5.32 Å². The molecule has 0 radical (unpaired) electrons. The lowest BCUT2D eigenvalue weighted by atomic mass is 10.1. The van der Waals surface area contributed by atoms with Gasteiger partial charge in [-0.25, -0.2) is 0 Å². The van der Waals surface area contributed by atoms with Crippen LogP contribution in [0, 0.1) is 17.2 Å². The molecule has 4 rings (SSSR count). The zero-order chi connectivity index (χ0) is 16.5. The molecule has 2 aliphatic rings. The molecule has 2 aromatic rings. The van der Waals surface area contributed by atoms with E-state index in [9.17, 15) is 10.1 Å². The fourth-order valence-corrected chi connectivity index (χ4v) is 4.95. The number of fused-ring (bicyclic) bond motifs is 1. The zero-order valence-electron chi connectivity index (χ0n) is 13.5. The van der Waals surface area contributed by atoms with Gasteiger partial charge in [0.15, 0.2) is 0 Å². The van der Waals surface area contributed by atoms with Crippen molar-refractivity contribution in [3.8, 4) is 6.07 Å². The second kappa shape index (κ2) is 6.41. The van der Waals surface area contributed by atoms with Gasteiger partial charge < -0.3 is 5.32 Å². The standard InChI is InChI=1S/C20H20N2OS/c21-12-17-14-9-5-2-6-10-18(14)24-20(17)22-19(23)16-11-15(16)13-7-3-1-4-8-13/h1,3-4,7-8,15-16H,2,5-6,9-11H2,(H,22,23)/t15-,16+/m1/s1. The molecule has 1 fully saturated rings. The van der Waals surface area contributed by atoms with E-state index in [1.807, 2.05) is 18.2 Å². The van der Waals surface area contributed by atoms with Crippen molar-refractivity contribution in [2.45, 2.75) is 44.4 Å². The summed E-state index contributed by atoms with van der Waals surface area (Å²) in [5.41, 5.74) is 3.13. The number of nitrogens with zero attached hydrogens (tertiary/aromatic N) is 1. The highest BCUT2D eigenvalue weighted by Gasteiger charge is 2.44. The first-order valence-electron chi connectivity index (χ1n) is 8.68. The molecule has 0 aliphatic heterocycles. The summed E-state index contributed by atoms with van der Waals surface area (Å²) in [7, 11) is 0. The Kier molecular flexibility index (Phi) is 4.12. The van der Waals surface area contributed by atoms with Gasteiger partial charge in [0.05, 0.1) is 5.56 Å². The van der Waals surface area contributed by atoms with E-state index in [1.165, 1.54) is 28.8 Å². The lowest BCUT2D eigenvalue weighted by Gasteiger charge is -2.04. The molecule has 1 amide bonds. The Bertz CT molecular complexity index is 803. The van der Waals surface area contributed by atoms with Gasteiger partial charge in [-0.3, -0.25) is 4.79 Å². The van der Waals surface area contributed by atoms with Gasteiger partial charge in [-0.1, -0.05) is 36.8 Å². The fraction of sp³-hybridized carbons (Fsp3) is 0.400. The van der Waals surface area contributed by atoms with Crippen LogP contribution in [0.3, 0.4) is 0 Å². The number of amides is 1. The lowest BCUT2D eigenvalue weighted by molar-refractivity contribution is -0.117. The van der Waals surface area contributed by atoms with Crippen LogP contribution in [0.5, 0.6) is 0 Å². The van der Waals surface area contributed by atoms with Crippen molar-refractivity contribution >= 4 is 22.2 Å². The summed E-state index contributed by atoms with van der Waals surface area (Å²) >= 11 is 1.62. The number of aryl methyl sites for hydroxylation is 1. The third kappa shape index (κ3) is 2.85. The summed E-state index contributed by atoms with van der Waals surface area (Å²) in [4.78, 5) is 13.9. The number of rotatable bonds is 3. The number of anilines is 1. The highest BCUT2D eigenvalue weighted by Crippen LogP contribution is 2.48. The number of carbonyl (C=O) groups excluding carboxylic acids is 1. The monoisotopic (exact) mass is 336 g/mol. The summed E-state index contributed by atoms with van der Waals surface area (Å²) in [5, 5.41) is 13.4. The van der Waals surface area contributed by atoms with Crippen molar-refractivity contribution < 1.29 is 4.79 Å². The molecule has 1 saturated carbocycles. The molecule has 122 valence electrons. The number of benzene rings is 1. The Morgan fingerprint density at radius 2 is 1.96 bits per heavy atom. The molecule has 24 heavy (non-hydrogen) atoms. The molecule has 0 spiro atoms. The van der Waals surface area contributed by atoms with E-state index < -0.39 is 0 Å². The zero-order valence-corrected chi connectivity index (χ0v) is 14.4. The molecule has 0 saturated heterocycles. The first-order chi connectivity index (χ1) is 11.8. The summed E-state index contributed by atoms with van der Waals surface area (Å²) in [6.07, 6.45) is 6.48. The van der Waals surface area contributed by atoms with Crippen LogP contribution in [0.25, 0.3) is 0 Å². The van der Waals surface area contributed by atoms with Crippen LogP contribution in [-0.2, 0) is 17.6 Å². The largest absolute Gasteiger partial charge is 0.316 e. The maximum Gasteiger partial charge on any atom is 0.228 e. The molecule has 0 bridgehead atoms. The van der Waals surface area contributed by atoms with E-state index in [0.29, 0.717) is 11.5 Å². The van der Waals surface area contributed by atoms with Crippen molar-refractivity contribution in [1.82, 2.24) is 0 Å². The topological polar surface area (TPSA) is 52.9 Å². The first-order valence-corrected chi connectivity index (χ1v) is 9.50. The molecule has 2 aliphatic carbocycles. The van der Waals surface area contributed by atoms with E-state index in [0.717, 1.165) is 30.7 Å². The van der Waals surface area contributed by atoms with Gasteiger partial charge in [0.1, 0.15) is 11.1 Å². The van der Waals surface area contributed by atoms with Gasteiger partial charge in [-0.05, 0) is 49.1 Å². The number of nitriles is 1. The van der Waals surface area contributed by atoms with Crippen LogP contribution >= 0.6 is 11.3 Å². The Morgan fingerprint density at radius 1 is 1.17 bits per heavy atom. The van der Waals surface area contributed by atoms with Crippen LogP contribution in [0.2, 0.25) is 0 Å². The Balaban J connectivity index is 1.50. The molecular formula is C20H20N2OS. The molecule has 1 N–H and O–H groups in total.